The maximum absolute atomic E-state index is 11.6. The molecule has 14 heavy (non-hydrogen) atoms. The number of hydrogen-bond donors (Lipinski definition) is 2. The molecule has 0 aliphatic carbocycles. The minimum absolute atomic E-state index is 0.234. The first-order chi connectivity index (χ1) is 6.45. The molecule has 0 aromatic heterocycles. The molecule has 0 aromatic carbocycles. The van der Waals surface area contributed by atoms with Crippen LogP contribution in [0.5, 0.6) is 0 Å². The summed E-state index contributed by atoms with van der Waals surface area (Å²) in [6.07, 6.45) is 0. The van der Waals surface area contributed by atoms with E-state index in [1.54, 1.807) is 0 Å². The van der Waals surface area contributed by atoms with Crippen LogP contribution in [-0.2, 0) is 10.2 Å². The van der Waals surface area contributed by atoms with E-state index in [1.165, 1.54) is 4.31 Å². The van der Waals surface area contributed by atoms with Crippen molar-refractivity contribution in [2.75, 3.05) is 26.2 Å². The molecule has 1 aliphatic heterocycles. The molecule has 1 heterocycles. The SMILES string of the molecule is CC(C)CN1CC(CN)CNS1(=O)=O. The fourth-order valence-corrected chi connectivity index (χ4v) is 3.03. The topological polar surface area (TPSA) is 75.4 Å². The first-order valence-electron chi connectivity index (χ1n) is 4.90. The van der Waals surface area contributed by atoms with Crippen LogP contribution in [0.15, 0.2) is 0 Å². The lowest BCUT2D eigenvalue weighted by molar-refractivity contribution is 0.288. The van der Waals surface area contributed by atoms with Gasteiger partial charge in [0, 0.05) is 19.6 Å². The number of hydrogen-bond acceptors (Lipinski definition) is 3. The summed E-state index contributed by atoms with van der Waals surface area (Å²) in [5.74, 6) is 0.570. The van der Waals surface area contributed by atoms with Crippen molar-refractivity contribution in [3.05, 3.63) is 0 Å². The smallest absolute Gasteiger partial charge is 0.279 e. The van der Waals surface area contributed by atoms with Crippen LogP contribution in [-0.4, -0.2) is 38.9 Å². The average molecular weight is 221 g/mol. The Morgan fingerprint density at radius 3 is 2.71 bits per heavy atom. The summed E-state index contributed by atoms with van der Waals surface area (Å²) in [6.45, 7) is 6.10. The van der Waals surface area contributed by atoms with Gasteiger partial charge in [-0.15, -0.1) is 0 Å². The van der Waals surface area contributed by atoms with Crippen LogP contribution in [0.1, 0.15) is 13.8 Å². The second kappa shape index (κ2) is 4.57. The third-order valence-corrected chi connectivity index (χ3v) is 3.77. The molecule has 1 rings (SSSR count). The second-order valence-electron chi connectivity index (χ2n) is 4.17. The quantitative estimate of drug-likeness (QED) is 0.666. The van der Waals surface area contributed by atoms with Gasteiger partial charge in [-0.1, -0.05) is 13.8 Å². The van der Waals surface area contributed by atoms with Gasteiger partial charge in [-0.05, 0) is 18.4 Å². The Balaban J connectivity index is 2.66. The summed E-state index contributed by atoms with van der Waals surface area (Å²) in [5, 5.41) is 0. The third kappa shape index (κ3) is 2.91. The summed E-state index contributed by atoms with van der Waals surface area (Å²) >= 11 is 0. The molecule has 0 radical (unpaired) electrons. The number of nitrogens with zero attached hydrogens (tertiary/aromatic N) is 1. The molecule has 0 bridgehead atoms. The van der Waals surface area contributed by atoms with Crippen molar-refractivity contribution in [2.45, 2.75) is 13.8 Å². The zero-order valence-corrected chi connectivity index (χ0v) is 9.55. The number of nitrogens with one attached hydrogen (secondary N) is 1. The van der Waals surface area contributed by atoms with Crippen LogP contribution in [0.4, 0.5) is 0 Å². The molecule has 0 spiro atoms. The van der Waals surface area contributed by atoms with E-state index < -0.39 is 10.2 Å². The number of rotatable bonds is 3. The molecule has 5 nitrogen and oxygen atoms in total. The van der Waals surface area contributed by atoms with E-state index in [9.17, 15) is 8.42 Å². The van der Waals surface area contributed by atoms with Gasteiger partial charge in [0.1, 0.15) is 0 Å². The van der Waals surface area contributed by atoms with Gasteiger partial charge in [0.15, 0.2) is 0 Å². The van der Waals surface area contributed by atoms with Gasteiger partial charge in [-0.3, -0.25) is 0 Å². The van der Waals surface area contributed by atoms with Crippen molar-refractivity contribution >= 4 is 10.2 Å². The molecule has 3 N–H and O–H groups in total. The van der Waals surface area contributed by atoms with E-state index in [0.717, 1.165) is 0 Å². The first kappa shape index (κ1) is 11.9. The summed E-state index contributed by atoms with van der Waals surface area (Å²) in [5.41, 5.74) is 5.52. The molecule has 1 aliphatic rings. The predicted octanol–water partition coefficient (Wildman–Crippen LogP) is -0.633. The van der Waals surface area contributed by atoms with E-state index in [2.05, 4.69) is 4.72 Å². The molecule has 1 atom stereocenters. The molecule has 1 fully saturated rings. The summed E-state index contributed by atoms with van der Waals surface area (Å²) in [6, 6.07) is 0. The maximum atomic E-state index is 11.6. The highest BCUT2D eigenvalue weighted by Crippen LogP contribution is 2.12. The Bertz CT molecular complexity index is 276. The molecule has 84 valence electrons. The first-order valence-corrected chi connectivity index (χ1v) is 6.34. The van der Waals surface area contributed by atoms with Crippen molar-refractivity contribution < 1.29 is 8.42 Å². The predicted molar refractivity (Wildman–Crippen MR) is 55.9 cm³/mol. The fourth-order valence-electron chi connectivity index (χ4n) is 1.50. The lowest BCUT2D eigenvalue weighted by Gasteiger charge is -2.32. The average Bonchev–Trinajstić information content (AvgIpc) is 2.08. The van der Waals surface area contributed by atoms with E-state index in [0.29, 0.717) is 32.1 Å². The lowest BCUT2D eigenvalue weighted by atomic mass is 10.1. The van der Waals surface area contributed by atoms with E-state index in [1.807, 2.05) is 13.8 Å². The highest BCUT2D eigenvalue weighted by molar-refractivity contribution is 7.87. The van der Waals surface area contributed by atoms with Gasteiger partial charge in [0.2, 0.25) is 0 Å². The number of nitrogens with two attached hydrogens (primary N) is 1. The minimum Gasteiger partial charge on any atom is -0.330 e. The van der Waals surface area contributed by atoms with Gasteiger partial charge < -0.3 is 5.73 Å². The van der Waals surface area contributed by atoms with Crippen LogP contribution in [0.2, 0.25) is 0 Å². The monoisotopic (exact) mass is 221 g/mol. The fraction of sp³-hybridized carbons (Fsp3) is 1.00. The zero-order valence-electron chi connectivity index (χ0n) is 8.73. The van der Waals surface area contributed by atoms with E-state index in [4.69, 9.17) is 5.73 Å². The van der Waals surface area contributed by atoms with Gasteiger partial charge in [0.05, 0.1) is 0 Å². The van der Waals surface area contributed by atoms with E-state index in [-0.39, 0.29) is 5.92 Å². The van der Waals surface area contributed by atoms with Crippen molar-refractivity contribution in [1.82, 2.24) is 9.03 Å². The van der Waals surface area contributed by atoms with Crippen LogP contribution in [0.3, 0.4) is 0 Å². The van der Waals surface area contributed by atoms with Crippen molar-refractivity contribution in [3.8, 4) is 0 Å². The normalized spacial score (nSPS) is 28.1. The molecule has 1 unspecified atom stereocenters. The van der Waals surface area contributed by atoms with E-state index >= 15 is 0 Å². The van der Waals surface area contributed by atoms with Crippen LogP contribution >= 0.6 is 0 Å². The zero-order chi connectivity index (χ0) is 10.8. The highest BCUT2D eigenvalue weighted by Gasteiger charge is 2.30. The molecular formula is C8H19N3O2S. The van der Waals surface area contributed by atoms with Crippen molar-refractivity contribution in [1.29, 1.82) is 0 Å². The summed E-state index contributed by atoms with van der Waals surface area (Å²) in [7, 11) is -3.23. The van der Waals surface area contributed by atoms with Crippen molar-refractivity contribution in [3.63, 3.8) is 0 Å². The Labute approximate surface area is 85.8 Å². The lowest BCUT2D eigenvalue weighted by Crippen LogP contribution is -2.53. The molecular weight excluding hydrogens is 202 g/mol. The van der Waals surface area contributed by atoms with Gasteiger partial charge in [-0.25, -0.2) is 4.72 Å². The standard InChI is InChI=1S/C8H19N3O2S/c1-7(2)5-11-6-8(3-9)4-10-14(11,12)13/h7-8,10H,3-6,9H2,1-2H3. The van der Waals surface area contributed by atoms with Crippen LogP contribution in [0, 0.1) is 11.8 Å². The highest BCUT2D eigenvalue weighted by atomic mass is 32.2. The molecule has 1 saturated heterocycles. The third-order valence-electron chi connectivity index (χ3n) is 2.26. The minimum atomic E-state index is -3.23. The molecule has 0 amide bonds. The Morgan fingerprint density at radius 2 is 2.21 bits per heavy atom. The Morgan fingerprint density at radius 1 is 1.57 bits per heavy atom. The largest absolute Gasteiger partial charge is 0.330 e. The van der Waals surface area contributed by atoms with Crippen LogP contribution in [0.25, 0.3) is 0 Å². The molecule has 0 saturated carbocycles. The van der Waals surface area contributed by atoms with Gasteiger partial charge in [0.25, 0.3) is 10.2 Å². The van der Waals surface area contributed by atoms with Crippen molar-refractivity contribution in [2.24, 2.45) is 17.6 Å². The van der Waals surface area contributed by atoms with Crippen LogP contribution < -0.4 is 10.5 Å². The Kier molecular flexibility index (Phi) is 3.88. The van der Waals surface area contributed by atoms with Gasteiger partial charge in [-0.2, -0.15) is 12.7 Å². The van der Waals surface area contributed by atoms with Gasteiger partial charge >= 0.3 is 0 Å². The summed E-state index contributed by atoms with van der Waals surface area (Å²) < 4.78 is 27.1. The molecule has 0 aromatic rings. The Hall–Kier alpha value is -0.170. The second-order valence-corrected chi connectivity index (χ2v) is 5.92. The maximum Gasteiger partial charge on any atom is 0.279 e. The molecule has 6 heteroatoms. The summed E-state index contributed by atoms with van der Waals surface area (Å²) in [4.78, 5) is 0.